The van der Waals surface area contributed by atoms with Crippen molar-refractivity contribution < 1.29 is 13.9 Å². The molecule has 24 heavy (non-hydrogen) atoms. The van der Waals surface area contributed by atoms with E-state index in [1.165, 1.54) is 29.2 Å². The number of hydrogen-bond donors (Lipinski definition) is 2. The maximum Gasteiger partial charge on any atom is 0.254 e. The molecule has 1 aliphatic heterocycles. The second-order valence-electron chi connectivity index (χ2n) is 5.39. The van der Waals surface area contributed by atoms with E-state index in [1.807, 2.05) is 0 Å². The number of rotatable bonds is 4. The molecule has 2 atom stereocenters. The van der Waals surface area contributed by atoms with Gasteiger partial charge in [0.05, 0.1) is 24.6 Å². The highest BCUT2D eigenvalue weighted by Gasteiger charge is 2.29. The number of nitrogens with zero attached hydrogens (tertiary/aromatic N) is 4. The Hall–Kier alpha value is -2.99. The first-order valence-corrected chi connectivity index (χ1v) is 7.33. The molecule has 8 nitrogen and oxygen atoms in total. The van der Waals surface area contributed by atoms with Gasteiger partial charge in [0.25, 0.3) is 5.91 Å². The third-order valence-corrected chi connectivity index (χ3v) is 3.82. The Morgan fingerprint density at radius 3 is 3.12 bits per heavy atom. The highest BCUT2D eigenvalue weighted by Crippen LogP contribution is 2.28. The Kier molecular flexibility index (Phi) is 4.39. The van der Waals surface area contributed by atoms with E-state index in [0.29, 0.717) is 25.3 Å². The van der Waals surface area contributed by atoms with Crippen molar-refractivity contribution >= 4 is 17.4 Å². The molecule has 9 heteroatoms. The van der Waals surface area contributed by atoms with Crippen LogP contribution in [-0.4, -0.2) is 33.9 Å². The second kappa shape index (κ2) is 6.64. The van der Waals surface area contributed by atoms with Crippen LogP contribution < -0.4 is 11.1 Å². The van der Waals surface area contributed by atoms with E-state index in [9.17, 15) is 14.4 Å². The van der Waals surface area contributed by atoms with Crippen molar-refractivity contribution in [2.45, 2.75) is 12.5 Å². The largest absolute Gasteiger partial charge is 0.379 e. The Labute approximate surface area is 137 Å². The van der Waals surface area contributed by atoms with Crippen LogP contribution in [0.3, 0.4) is 0 Å². The first-order chi connectivity index (χ1) is 11.6. The maximum atomic E-state index is 13.2. The van der Waals surface area contributed by atoms with E-state index < -0.39 is 11.9 Å². The first kappa shape index (κ1) is 15.9. The summed E-state index contributed by atoms with van der Waals surface area (Å²) in [4.78, 5) is 15.1. The molecule has 0 aliphatic carbocycles. The number of amides is 1. The zero-order valence-electron chi connectivity index (χ0n) is 12.6. The van der Waals surface area contributed by atoms with Crippen LogP contribution in [0.2, 0.25) is 0 Å². The van der Waals surface area contributed by atoms with Crippen molar-refractivity contribution in [2.75, 3.05) is 18.5 Å². The van der Waals surface area contributed by atoms with Crippen LogP contribution in [0.4, 0.5) is 15.9 Å². The van der Waals surface area contributed by atoms with Gasteiger partial charge in [0.1, 0.15) is 5.56 Å². The summed E-state index contributed by atoms with van der Waals surface area (Å²) in [5.41, 5.74) is 5.92. The molecule has 0 spiro atoms. The van der Waals surface area contributed by atoms with Crippen LogP contribution in [0.1, 0.15) is 22.8 Å². The van der Waals surface area contributed by atoms with Gasteiger partial charge in [-0.3, -0.25) is 9.48 Å². The van der Waals surface area contributed by atoms with E-state index in [0.717, 1.165) is 0 Å². The summed E-state index contributed by atoms with van der Waals surface area (Å²) >= 11 is 0. The molecule has 0 saturated carbocycles. The number of halogens is 1. The number of nitrogens with one attached hydrogen (secondary N) is 1. The minimum absolute atomic E-state index is 0.148. The lowest BCUT2D eigenvalue weighted by atomic mass is 9.97. The van der Waals surface area contributed by atoms with Gasteiger partial charge >= 0.3 is 0 Å². The third-order valence-electron chi connectivity index (χ3n) is 3.82. The SMILES string of the molecule is N#CC1CCOC[C@H]1n1cc(C(N)=O)c(Nc2ccnc(F)c2)n1. The molecule has 1 amide bonds. The van der Waals surface area contributed by atoms with Crippen molar-refractivity contribution in [3.8, 4) is 6.07 Å². The fraction of sp³-hybridized carbons (Fsp3) is 0.333. The average molecular weight is 330 g/mol. The highest BCUT2D eigenvalue weighted by molar-refractivity contribution is 5.98. The lowest BCUT2D eigenvalue weighted by Gasteiger charge is -2.26. The molecule has 2 aromatic heterocycles. The van der Waals surface area contributed by atoms with Gasteiger partial charge in [-0.05, 0) is 12.5 Å². The Bertz CT molecular complexity index is 800. The fourth-order valence-corrected chi connectivity index (χ4v) is 2.59. The monoisotopic (exact) mass is 330 g/mol. The van der Waals surface area contributed by atoms with Gasteiger partial charge in [-0.25, -0.2) is 4.98 Å². The average Bonchev–Trinajstić information content (AvgIpc) is 2.98. The molecule has 0 bridgehead atoms. The fourth-order valence-electron chi connectivity index (χ4n) is 2.59. The second-order valence-corrected chi connectivity index (χ2v) is 5.39. The predicted octanol–water partition coefficient (Wildman–Crippen LogP) is 1.36. The first-order valence-electron chi connectivity index (χ1n) is 7.33. The zero-order chi connectivity index (χ0) is 17.1. The number of nitrogens with two attached hydrogens (primary N) is 1. The van der Waals surface area contributed by atoms with Gasteiger partial charge in [0.15, 0.2) is 5.82 Å². The summed E-state index contributed by atoms with van der Waals surface area (Å²) in [6.45, 7) is 0.835. The van der Waals surface area contributed by atoms with Crippen LogP contribution >= 0.6 is 0 Å². The molecule has 3 rings (SSSR count). The molecule has 3 N–H and O–H groups in total. The van der Waals surface area contributed by atoms with Gasteiger partial charge < -0.3 is 15.8 Å². The number of aromatic nitrogens is 3. The summed E-state index contributed by atoms with van der Waals surface area (Å²) in [7, 11) is 0. The molecule has 1 aliphatic rings. The third kappa shape index (κ3) is 3.18. The van der Waals surface area contributed by atoms with Gasteiger partial charge in [-0.2, -0.15) is 14.8 Å². The molecule has 0 radical (unpaired) electrons. The van der Waals surface area contributed by atoms with E-state index in [-0.39, 0.29) is 23.3 Å². The molecule has 3 heterocycles. The smallest absolute Gasteiger partial charge is 0.254 e. The Morgan fingerprint density at radius 2 is 2.42 bits per heavy atom. The van der Waals surface area contributed by atoms with Crippen LogP contribution in [-0.2, 0) is 4.74 Å². The summed E-state index contributed by atoms with van der Waals surface area (Å²) in [5, 5.41) is 16.4. The predicted molar refractivity (Wildman–Crippen MR) is 81.8 cm³/mol. The molecular formula is C15H15FN6O2. The lowest BCUT2D eigenvalue weighted by Crippen LogP contribution is -2.29. The normalized spacial score (nSPS) is 20.3. The molecule has 124 valence electrons. The summed E-state index contributed by atoms with van der Waals surface area (Å²) in [6.07, 6.45) is 3.36. The minimum Gasteiger partial charge on any atom is -0.379 e. The number of nitriles is 1. The van der Waals surface area contributed by atoms with E-state index in [1.54, 1.807) is 0 Å². The number of pyridine rings is 1. The number of primary amides is 1. The van der Waals surface area contributed by atoms with Crippen molar-refractivity contribution in [3.05, 3.63) is 36.0 Å². The minimum atomic E-state index is -0.677. The lowest BCUT2D eigenvalue weighted by molar-refractivity contribution is 0.0342. The number of anilines is 2. The van der Waals surface area contributed by atoms with Crippen LogP contribution in [0.5, 0.6) is 0 Å². The van der Waals surface area contributed by atoms with Crippen molar-refractivity contribution in [1.29, 1.82) is 5.26 Å². The number of ether oxygens (including phenoxy) is 1. The van der Waals surface area contributed by atoms with Gasteiger partial charge in [0, 0.05) is 30.8 Å². The van der Waals surface area contributed by atoms with E-state index >= 15 is 0 Å². The molecule has 1 unspecified atom stereocenters. The zero-order valence-corrected chi connectivity index (χ0v) is 12.6. The number of carbonyl (C=O) groups excluding carboxylic acids is 1. The van der Waals surface area contributed by atoms with Gasteiger partial charge in [-0.1, -0.05) is 0 Å². The van der Waals surface area contributed by atoms with Crippen LogP contribution in [0, 0.1) is 23.2 Å². The Morgan fingerprint density at radius 1 is 1.58 bits per heavy atom. The molecule has 1 saturated heterocycles. The quantitative estimate of drug-likeness (QED) is 0.817. The van der Waals surface area contributed by atoms with Crippen LogP contribution in [0.25, 0.3) is 0 Å². The molecule has 1 fully saturated rings. The number of carbonyl (C=O) groups is 1. The van der Waals surface area contributed by atoms with Gasteiger partial charge in [-0.15, -0.1) is 0 Å². The molecule has 2 aromatic rings. The van der Waals surface area contributed by atoms with Gasteiger partial charge in [0.2, 0.25) is 5.95 Å². The van der Waals surface area contributed by atoms with E-state index in [4.69, 9.17) is 10.5 Å². The standard InChI is InChI=1S/C15H15FN6O2/c16-13-5-10(1-3-19-13)20-15-11(14(18)23)7-22(21-15)12-8-24-4-2-9(12)6-17/h1,3,5,7,9,12H,2,4,8H2,(H2,18,23)(H,19,20,21)/t9?,12-/m1/s1. The Balaban J connectivity index is 1.93. The van der Waals surface area contributed by atoms with Crippen LogP contribution in [0.15, 0.2) is 24.5 Å². The topological polar surface area (TPSA) is 119 Å². The summed E-state index contributed by atoms with van der Waals surface area (Å²) in [6, 6.07) is 4.63. The molecular weight excluding hydrogens is 315 g/mol. The summed E-state index contributed by atoms with van der Waals surface area (Å²) < 4.78 is 20.1. The van der Waals surface area contributed by atoms with Crippen molar-refractivity contribution in [1.82, 2.24) is 14.8 Å². The highest BCUT2D eigenvalue weighted by atomic mass is 19.1. The maximum absolute atomic E-state index is 13.2. The summed E-state index contributed by atoms with van der Waals surface area (Å²) in [5.74, 6) is -1.42. The van der Waals surface area contributed by atoms with E-state index in [2.05, 4.69) is 21.5 Å². The van der Waals surface area contributed by atoms with Crippen molar-refractivity contribution in [3.63, 3.8) is 0 Å². The molecule has 0 aromatic carbocycles. The number of hydrogen-bond acceptors (Lipinski definition) is 6. The van der Waals surface area contributed by atoms with Crippen molar-refractivity contribution in [2.24, 2.45) is 11.7 Å².